The van der Waals surface area contributed by atoms with E-state index in [1.54, 1.807) is 0 Å². The van der Waals surface area contributed by atoms with Crippen molar-refractivity contribution in [3.63, 3.8) is 0 Å². The molecule has 7 atom stereocenters. The second-order valence-corrected chi connectivity index (χ2v) is 12.0. The van der Waals surface area contributed by atoms with Crippen LogP contribution in [0.5, 0.6) is 0 Å². The molecule has 3 heterocycles. The fourth-order valence-corrected chi connectivity index (χ4v) is 6.15. The van der Waals surface area contributed by atoms with Gasteiger partial charge in [-0.1, -0.05) is 87.3 Å². The molecule has 7 nitrogen and oxygen atoms in total. The summed E-state index contributed by atoms with van der Waals surface area (Å²) in [7, 11) is 0. The highest BCUT2D eigenvalue weighted by Crippen LogP contribution is 2.48. The van der Waals surface area contributed by atoms with Gasteiger partial charge in [0.2, 0.25) is 0 Å². The van der Waals surface area contributed by atoms with Gasteiger partial charge < -0.3 is 28.4 Å². The summed E-state index contributed by atoms with van der Waals surface area (Å²) in [4.78, 5) is 12.1. The van der Waals surface area contributed by atoms with Crippen LogP contribution in [0.1, 0.15) is 50.7 Å². The quantitative estimate of drug-likeness (QED) is 0.232. The highest BCUT2D eigenvalue weighted by Gasteiger charge is 2.53. The molecule has 0 saturated carbocycles. The maximum absolute atomic E-state index is 12.1. The summed E-state index contributed by atoms with van der Waals surface area (Å²) in [6, 6.07) is 20.1. The highest BCUT2D eigenvalue weighted by atomic mass is 16.7. The Morgan fingerprint density at radius 3 is 2.19 bits per heavy atom. The summed E-state index contributed by atoms with van der Waals surface area (Å²) in [5.74, 6) is -1.34. The van der Waals surface area contributed by atoms with Crippen LogP contribution in [0.25, 0.3) is 0 Å². The number of ether oxygens (including phenoxy) is 6. The molecule has 0 aromatic heterocycles. The first kappa shape index (κ1) is 31.4. The van der Waals surface area contributed by atoms with Crippen LogP contribution in [0, 0.1) is 5.92 Å². The van der Waals surface area contributed by atoms with Gasteiger partial charge in [-0.2, -0.15) is 0 Å². The third-order valence-corrected chi connectivity index (χ3v) is 8.57. The van der Waals surface area contributed by atoms with Gasteiger partial charge >= 0.3 is 5.97 Å². The molecular formula is C36H44O7. The summed E-state index contributed by atoms with van der Waals surface area (Å²) < 4.78 is 38.0. The van der Waals surface area contributed by atoms with E-state index in [-0.39, 0.29) is 24.1 Å². The normalized spacial score (nSPS) is 31.3. The number of hydrogen-bond donors (Lipinski definition) is 0. The lowest BCUT2D eigenvalue weighted by atomic mass is 9.79. The minimum absolute atomic E-state index is 0.0546. The SMILES string of the molecule is C=C1C[C@H](OC(C)=O)[C@@H]([C@@H]2O[C@@]3(C[C@@H](C)C2=C)O[C@H](COCc2ccccc2)CCC3=C)O[C@H]1COCc1ccccc1. The van der Waals surface area contributed by atoms with Gasteiger partial charge in [0.05, 0.1) is 32.5 Å². The monoisotopic (exact) mass is 588 g/mol. The van der Waals surface area contributed by atoms with Crippen molar-refractivity contribution in [2.24, 2.45) is 5.92 Å². The Bertz CT molecular complexity index is 1280. The molecular weight excluding hydrogens is 544 g/mol. The van der Waals surface area contributed by atoms with Crippen molar-refractivity contribution >= 4 is 5.97 Å². The lowest BCUT2D eigenvalue weighted by Gasteiger charge is -2.52. The van der Waals surface area contributed by atoms with Crippen LogP contribution in [0.2, 0.25) is 0 Å². The predicted molar refractivity (Wildman–Crippen MR) is 164 cm³/mol. The molecule has 0 aliphatic carbocycles. The molecule has 0 amide bonds. The minimum Gasteiger partial charge on any atom is -0.459 e. The molecule has 1 spiro atoms. The van der Waals surface area contributed by atoms with Crippen LogP contribution < -0.4 is 0 Å². The Balaban J connectivity index is 1.29. The Labute approximate surface area is 255 Å². The van der Waals surface area contributed by atoms with Gasteiger partial charge in [0.25, 0.3) is 0 Å². The van der Waals surface area contributed by atoms with Gasteiger partial charge in [-0.3, -0.25) is 4.79 Å². The van der Waals surface area contributed by atoms with Crippen LogP contribution in [0.15, 0.2) is 97.1 Å². The number of esters is 1. The zero-order valence-corrected chi connectivity index (χ0v) is 25.4. The Hall–Kier alpha value is -3.07. The number of carbonyl (C=O) groups is 1. The van der Waals surface area contributed by atoms with Crippen molar-refractivity contribution in [2.75, 3.05) is 13.2 Å². The molecule has 5 rings (SSSR count). The number of benzene rings is 2. The molecule has 3 fully saturated rings. The lowest BCUT2D eigenvalue weighted by Crippen LogP contribution is -2.59. The summed E-state index contributed by atoms with van der Waals surface area (Å²) in [5, 5.41) is 0. The third-order valence-electron chi connectivity index (χ3n) is 8.57. The van der Waals surface area contributed by atoms with Gasteiger partial charge in [-0.15, -0.1) is 0 Å². The van der Waals surface area contributed by atoms with Gasteiger partial charge in [-0.25, -0.2) is 0 Å². The summed E-state index contributed by atoms with van der Waals surface area (Å²) in [6.45, 7) is 18.3. The van der Waals surface area contributed by atoms with Gasteiger partial charge in [-0.05, 0) is 46.6 Å². The van der Waals surface area contributed by atoms with Crippen molar-refractivity contribution in [1.29, 1.82) is 0 Å². The minimum atomic E-state index is -1.01. The van der Waals surface area contributed by atoms with E-state index in [0.717, 1.165) is 40.7 Å². The average Bonchev–Trinajstić information content (AvgIpc) is 2.99. The molecule has 0 N–H and O–H groups in total. The standard InChI is InChI=1S/C36H44O7/c1-24-18-32(40-28(5)37)35(41-33(24)23-39-21-30-14-10-7-11-15-30)34-27(4)25(2)19-36(43-34)26(3)16-17-31(42-36)22-38-20-29-12-8-6-9-13-29/h6-15,25,31-35H,1,3-4,16-23H2,2,5H3/t25-,31+,32+,33+,34-,35+,36-/m1/s1. The van der Waals surface area contributed by atoms with Crippen molar-refractivity contribution in [1.82, 2.24) is 0 Å². The molecule has 0 radical (unpaired) electrons. The van der Waals surface area contributed by atoms with E-state index >= 15 is 0 Å². The van der Waals surface area contributed by atoms with E-state index in [1.807, 2.05) is 60.7 Å². The number of rotatable bonds is 10. The van der Waals surface area contributed by atoms with Crippen molar-refractivity contribution in [3.05, 3.63) is 108 Å². The molecule has 7 heteroatoms. The molecule has 0 bridgehead atoms. The average molecular weight is 589 g/mol. The summed E-state index contributed by atoms with van der Waals surface area (Å²) in [6.07, 6.45) is 0.279. The van der Waals surface area contributed by atoms with E-state index in [0.29, 0.717) is 39.3 Å². The molecule has 3 aliphatic rings. The molecule has 43 heavy (non-hydrogen) atoms. The number of carbonyl (C=O) groups excluding carboxylic acids is 1. The molecule has 2 aromatic rings. The van der Waals surface area contributed by atoms with E-state index in [9.17, 15) is 4.79 Å². The second kappa shape index (κ2) is 14.1. The zero-order valence-electron chi connectivity index (χ0n) is 25.4. The largest absolute Gasteiger partial charge is 0.459 e. The topological polar surface area (TPSA) is 72.5 Å². The highest BCUT2D eigenvalue weighted by molar-refractivity contribution is 5.66. The van der Waals surface area contributed by atoms with Crippen molar-refractivity contribution in [2.45, 2.75) is 89.1 Å². The first-order valence-electron chi connectivity index (χ1n) is 15.2. The maximum Gasteiger partial charge on any atom is 0.303 e. The lowest BCUT2D eigenvalue weighted by molar-refractivity contribution is -0.308. The van der Waals surface area contributed by atoms with Crippen molar-refractivity contribution in [3.8, 4) is 0 Å². The molecule has 230 valence electrons. The Kier molecular flexibility index (Phi) is 10.3. The molecule has 3 saturated heterocycles. The molecule has 2 aromatic carbocycles. The van der Waals surface area contributed by atoms with Crippen LogP contribution in [-0.2, 0) is 46.4 Å². The van der Waals surface area contributed by atoms with Crippen LogP contribution >= 0.6 is 0 Å². The Morgan fingerprint density at radius 2 is 1.56 bits per heavy atom. The van der Waals surface area contributed by atoms with Crippen molar-refractivity contribution < 1.29 is 33.2 Å². The smallest absolute Gasteiger partial charge is 0.303 e. The molecule has 0 unspecified atom stereocenters. The van der Waals surface area contributed by atoms with Crippen LogP contribution in [-0.4, -0.2) is 55.5 Å². The summed E-state index contributed by atoms with van der Waals surface area (Å²) >= 11 is 0. The Morgan fingerprint density at radius 1 is 0.930 bits per heavy atom. The van der Waals surface area contributed by atoms with Gasteiger partial charge in [0.15, 0.2) is 5.79 Å². The van der Waals surface area contributed by atoms with Gasteiger partial charge in [0, 0.05) is 19.8 Å². The zero-order chi connectivity index (χ0) is 30.4. The predicted octanol–water partition coefficient (Wildman–Crippen LogP) is 6.48. The fraction of sp³-hybridized carbons (Fsp3) is 0.472. The van der Waals surface area contributed by atoms with E-state index in [2.05, 4.69) is 26.7 Å². The maximum atomic E-state index is 12.1. The first-order chi connectivity index (χ1) is 20.7. The van der Waals surface area contributed by atoms with Gasteiger partial charge in [0.1, 0.15) is 24.4 Å². The van der Waals surface area contributed by atoms with E-state index in [4.69, 9.17) is 28.4 Å². The second-order valence-electron chi connectivity index (χ2n) is 12.0. The van der Waals surface area contributed by atoms with Crippen LogP contribution in [0.3, 0.4) is 0 Å². The van der Waals surface area contributed by atoms with E-state index < -0.39 is 24.1 Å². The van der Waals surface area contributed by atoms with E-state index in [1.165, 1.54) is 6.92 Å². The third kappa shape index (κ3) is 7.72. The molecule has 3 aliphatic heterocycles. The number of hydrogen-bond acceptors (Lipinski definition) is 7. The summed E-state index contributed by atoms with van der Waals surface area (Å²) in [5.41, 5.74) is 4.78. The fourth-order valence-electron chi connectivity index (χ4n) is 6.15. The van der Waals surface area contributed by atoms with Crippen LogP contribution in [0.4, 0.5) is 0 Å². The first-order valence-corrected chi connectivity index (χ1v) is 15.2.